The Morgan fingerprint density at radius 3 is 2.40 bits per heavy atom. The molecule has 0 aliphatic heterocycles. The summed E-state index contributed by atoms with van der Waals surface area (Å²) in [6.45, 7) is 0. The fourth-order valence-electron chi connectivity index (χ4n) is 1.36. The highest BCUT2D eigenvalue weighted by Gasteiger charge is 2.17. The number of nitrogens with zero attached hydrogens (tertiary/aromatic N) is 3. The average molecular weight is 283 g/mol. The number of methoxy groups -OCH3 is 2. The third-order valence-corrected chi connectivity index (χ3v) is 2.23. The Morgan fingerprint density at radius 1 is 1.30 bits per heavy atom. The number of hydrogen-bond donors (Lipinski definition) is 2. The molecule has 108 valence electrons. The fourth-order valence-corrected chi connectivity index (χ4v) is 1.36. The number of guanidine groups is 1. The van der Waals surface area contributed by atoms with E-state index in [1.54, 1.807) is 0 Å². The predicted molar refractivity (Wildman–Crippen MR) is 70.8 cm³/mol. The van der Waals surface area contributed by atoms with Crippen LogP contribution in [0.15, 0.2) is 17.2 Å². The number of nitro groups is 1. The maximum Gasteiger partial charge on any atom is 0.366 e. The first-order valence-electron chi connectivity index (χ1n) is 5.20. The van der Waals surface area contributed by atoms with Gasteiger partial charge in [0.05, 0.1) is 31.4 Å². The molecule has 1 aromatic rings. The summed E-state index contributed by atoms with van der Waals surface area (Å²) in [6, 6.07) is 2.36. The van der Waals surface area contributed by atoms with Crippen LogP contribution in [0.2, 0.25) is 0 Å². The number of benzene rings is 1. The van der Waals surface area contributed by atoms with E-state index in [-0.39, 0.29) is 27.6 Å². The number of ether oxygens (including phenoxy) is 2. The lowest BCUT2D eigenvalue weighted by Crippen LogP contribution is -2.30. The number of rotatable bonds is 5. The standard InChI is InChI=1S/C10H13N5O5/c1-19-8-4-7(15(17)18)3-6(9(8)20-2)5-13-14(16)10(11)12/h3-5H,11-12H2,1-2H3/b13-5+. The molecule has 0 amide bonds. The van der Waals surface area contributed by atoms with Gasteiger partial charge >= 0.3 is 5.96 Å². The van der Waals surface area contributed by atoms with E-state index in [0.717, 1.165) is 6.21 Å². The second-order valence-electron chi connectivity index (χ2n) is 3.47. The Labute approximate surface area is 113 Å². The lowest BCUT2D eigenvalue weighted by molar-refractivity contribution is -0.463. The molecule has 4 N–H and O–H groups in total. The van der Waals surface area contributed by atoms with Crippen molar-refractivity contribution in [2.24, 2.45) is 16.6 Å². The van der Waals surface area contributed by atoms with Gasteiger partial charge in [-0.3, -0.25) is 21.6 Å². The third-order valence-electron chi connectivity index (χ3n) is 2.23. The van der Waals surface area contributed by atoms with Crippen molar-refractivity contribution in [3.05, 3.63) is 33.0 Å². The van der Waals surface area contributed by atoms with E-state index >= 15 is 0 Å². The summed E-state index contributed by atoms with van der Waals surface area (Å²) >= 11 is 0. The van der Waals surface area contributed by atoms with E-state index in [2.05, 4.69) is 5.10 Å². The van der Waals surface area contributed by atoms with Crippen LogP contribution >= 0.6 is 0 Å². The van der Waals surface area contributed by atoms with Gasteiger partial charge in [0, 0.05) is 11.6 Å². The topological polar surface area (TPSA) is 152 Å². The van der Waals surface area contributed by atoms with E-state index in [0.29, 0.717) is 0 Å². The largest absolute Gasteiger partial charge is 0.722 e. The molecule has 0 saturated carbocycles. The number of non-ortho nitro benzene ring substituents is 1. The molecule has 0 bridgehead atoms. The van der Waals surface area contributed by atoms with Gasteiger partial charge in [0.15, 0.2) is 11.5 Å². The summed E-state index contributed by atoms with van der Waals surface area (Å²) in [5.41, 5.74) is 9.99. The van der Waals surface area contributed by atoms with Crippen molar-refractivity contribution in [1.82, 2.24) is 0 Å². The summed E-state index contributed by atoms with van der Waals surface area (Å²) in [7, 11) is 2.67. The van der Waals surface area contributed by atoms with E-state index in [9.17, 15) is 15.3 Å². The average Bonchev–Trinajstić information content (AvgIpc) is 2.42. The van der Waals surface area contributed by atoms with Crippen LogP contribution in [-0.2, 0) is 0 Å². The van der Waals surface area contributed by atoms with Crippen molar-refractivity contribution in [2.75, 3.05) is 14.2 Å². The monoisotopic (exact) mass is 283 g/mol. The molecule has 0 saturated heterocycles. The summed E-state index contributed by atoms with van der Waals surface area (Å²) in [4.78, 5) is 10.2. The highest BCUT2D eigenvalue weighted by atomic mass is 16.6. The molecule has 0 atom stereocenters. The van der Waals surface area contributed by atoms with Crippen LogP contribution in [0.3, 0.4) is 0 Å². The molecule has 0 heterocycles. The zero-order valence-corrected chi connectivity index (χ0v) is 10.8. The molecule has 1 rings (SSSR count). The van der Waals surface area contributed by atoms with Crippen molar-refractivity contribution < 1.29 is 19.2 Å². The van der Waals surface area contributed by atoms with Crippen LogP contribution < -0.4 is 20.9 Å². The molecule has 0 fully saturated rings. The molecule has 10 heteroatoms. The van der Waals surface area contributed by atoms with Gasteiger partial charge in [-0.1, -0.05) is 0 Å². The smallest absolute Gasteiger partial charge is 0.366 e. The van der Waals surface area contributed by atoms with Gasteiger partial charge < -0.3 is 14.7 Å². The Bertz CT molecular complexity index is 580. The lowest BCUT2D eigenvalue weighted by Gasteiger charge is -2.10. The maximum atomic E-state index is 11.1. The van der Waals surface area contributed by atoms with Crippen LogP contribution in [0.25, 0.3) is 0 Å². The second kappa shape index (κ2) is 6.22. The van der Waals surface area contributed by atoms with E-state index in [1.807, 2.05) is 0 Å². The van der Waals surface area contributed by atoms with Gasteiger partial charge in [0.1, 0.15) is 0 Å². The molecule has 10 nitrogen and oxygen atoms in total. The molecule has 0 unspecified atom stereocenters. The van der Waals surface area contributed by atoms with Crippen LogP contribution in [-0.4, -0.2) is 36.2 Å². The summed E-state index contributed by atoms with van der Waals surface area (Å²) in [6.07, 6.45) is 1.03. The van der Waals surface area contributed by atoms with Gasteiger partial charge in [0.2, 0.25) is 0 Å². The molecule has 0 aromatic heterocycles. The molecule has 20 heavy (non-hydrogen) atoms. The fraction of sp³-hybridized carbons (Fsp3) is 0.200. The molecule has 0 spiro atoms. The Morgan fingerprint density at radius 2 is 1.95 bits per heavy atom. The number of nitro benzene ring substituents is 1. The number of hydrogen-bond acceptors (Lipinski definition) is 6. The zero-order chi connectivity index (χ0) is 15.3. The van der Waals surface area contributed by atoms with Crippen LogP contribution in [0.4, 0.5) is 5.69 Å². The minimum absolute atomic E-state index is 0.0370. The molecule has 1 aromatic carbocycles. The summed E-state index contributed by atoms with van der Waals surface area (Å²) in [5.74, 6) is -0.256. The van der Waals surface area contributed by atoms with Crippen LogP contribution in [0.5, 0.6) is 11.5 Å². The Hall–Kier alpha value is -3.04. The van der Waals surface area contributed by atoms with Crippen LogP contribution in [0, 0.1) is 15.3 Å². The van der Waals surface area contributed by atoms with Gasteiger partial charge in [-0.25, -0.2) is 0 Å². The van der Waals surface area contributed by atoms with E-state index in [4.69, 9.17) is 20.9 Å². The van der Waals surface area contributed by atoms with Crippen molar-refractivity contribution in [3.8, 4) is 11.5 Å². The third kappa shape index (κ3) is 3.25. The molecular weight excluding hydrogens is 270 g/mol. The minimum atomic E-state index is -0.613. The molecular formula is C10H13N5O5. The van der Waals surface area contributed by atoms with Gasteiger partial charge in [0.25, 0.3) is 5.69 Å². The van der Waals surface area contributed by atoms with E-state index < -0.39 is 10.9 Å². The maximum absolute atomic E-state index is 11.1. The second-order valence-corrected chi connectivity index (χ2v) is 3.47. The molecule has 0 aliphatic rings. The summed E-state index contributed by atoms with van der Waals surface area (Å²) < 4.78 is 10.1. The van der Waals surface area contributed by atoms with Crippen molar-refractivity contribution in [3.63, 3.8) is 0 Å². The number of hydrazone groups is 1. The SMILES string of the molecule is COc1cc([N+](=O)[O-])cc(/C=N/[N+]([O-])=C(N)N)c1OC. The van der Waals surface area contributed by atoms with Crippen molar-refractivity contribution in [1.29, 1.82) is 0 Å². The first-order chi connectivity index (χ1) is 9.40. The van der Waals surface area contributed by atoms with Crippen LogP contribution in [0.1, 0.15) is 5.56 Å². The molecule has 0 aliphatic carbocycles. The predicted octanol–water partition coefficient (Wildman–Crippen LogP) is -0.270. The first kappa shape index (κ1) is 15.0. The van der Waals surface area contributed by atoms with Gasteiger partial charge in [-0.15, -0.1) is 9.95 Å². The first-order valence-corrected chi connectivity index (χ1v) is 5.20. The minimum Gasteiger partial charge on any atom is -0.722 e. The lowest BCUT2D eigenvalue weighted by atomic mass is 10.1. The highest BCUT2D eigenvalue weighted by molar-refractivity contribution is 5.86. The van der Waals surface area contributed by atoms with Crippen molar-refractivity contribution in [2.45, 2.75) is 0 Å². The molecule has 0 radical (unpaired) electrons. The van der Waals surface area contributed by atoms with Crippen molar-refractivity contribution >= 4 is 17.9 Å². The van der Waals surface area contributed by atoms with E-state index in [1.165, 1.54) is 26.4 Å². The normalized spacial score (nSPS) is 10.3. The highest BCUT2D eigenvalue weighted by Crippen LogP contribution is 2.34. The Balaban J connectivity index is 3.39. The quantitative estimate of drug-likeness (QED) is 0.188. The van der Waals surface area contributed by atoms with Gasteiger partial charge in [-0.2, -0.15) is 0 Å². The summed E-state index contributed by atoms with van der Waals surface area (Å²) in [5, 5.41) is 25.3. The Kier molecular flexibility index (Phi) is 4.67. The van der Waals surface area contributed by atoms with Gasteiger partial charge in [-0.05, 0) is 0 Å². The zero-order valence-electron chi connectivity index (χ0n) is 10.8. The number of nitrogens with two attached hydrogens (primary N) is 2.